The van der Waals surface area contributed by atoms with Gasteiger partial charge in [-0.3, -0.25) is 9.10 Å². The van der Waals surface area contributed by atoms with E-state index in [-0.39, 0.29) is 10.8 Å². The molecule has 0 aliphatic carbocycles. The standard InChI is InChI=1S/C21H22N2O4S/c24-21(22-13-15-27-16-14-22)10-7-17-5-8-19(9-6-17)28(25,26)23-12-11-18-3-1-2-4-20(18)23/h1-10H,11-16H2. The van der Waals surface area contributed by atoms with Gasteiger partial charge in [0.25, 0.3) is 10.0 Å². The van der Waals surface area contributed by atoms with Gasteiger partial charge in [0, 0.05) is 25.7 Å². The molecule has 2 aliphatic heterocycles. The summed E-state index contributed by atoms with van der Waals surface area (Å²) in [5.74, 6) is -0.0614. The molecule has 2 aromatic rings. The fourth-order valence-electron chi connectivity index (χ4n) is 3.49. The smallest absolute Gasteiger partial charge is 0.264 e. The van der Waals surface area contributed by atoms with Crippen molar-refractivity contribution in [3.05, 3.63) is 65.7 Å². The summed E-state index contributed by atoms with van der Waals surface area (Å²) in [6.45, 7) is 2.77. The van der Waals surface area contributed by atoms with Crippen molar-refractivity contribution < 1.29 is 17.9 Å². The zero-order chi connectivity index (χ0) is 19.6. The van der Waals surface area contributed by atoms with Crippen molar-refractivity contribution in [1.29, 1.82) is 0 Å². The number of amides is 1. The monoisotopic (exact) mass is 398 g/mol. The SMILES string of the molecule is O=C(C=Cc1ccc(S(=O)(=O)N2CCc3ccccc32)cc1)N1CCOCC1. The van der Waals surface area contributed by atoms with Gasteiger partial charge in [-0.2, -0.15) is 0 Å². The van der Waals surface area contributed by atoms with Crippen molar-refractivity contribution in [2.75, 3.05) is 37.2 Å². The lowest BCUT2D eigenvalue weighted by Crippen LogP contribution is -2.39. The van der Waals surface area contributed by atoms with Gasteiger partial charge in [0.05, 0.1) is 23.8 Å². The number of carbonyl (C=O) groups is 1. The predicted octanol–water partition coefficient (Wildman–Crippen LogP) is 2.31. The average molecular weight is 398 g/mol. The van der Waals surface area contributed by atoms with E-state index in [4.69, 9.17) is 4.74 Å². The summed E-state index contributed by atoms with van der Waals surface area (Å²) in [5, 5.41) is 0. The first-order chi connectivity index (χ1) is 13.6. The van der Waals surface area contributed by atoms with Crippen LogP contribution in [0.5, 0.6) is 0 Å². The second-order valence-corrected chi connectivity index (χ2v) is 8.66. The highest BCUT2D eigenvalue weighted by Gasteiger charge is 2.30. The van der Waals surface area contributed by atoms with Crippen molar-refractivity contribution in [2.45, 2.75) is 11.3 Å². The Hall–Kier alpha value is -2.64. The molecule has 28 heavy (non-hydrogen) atoms. The minimum absolute atomic E-state index is 0.0614. The molecule has 1 amide bonds. The number of hydrogen-bond donors (Lipinski definition) is 0. The molecule has 1 fully saturated rings. The molecular weight excluding hydrogens is 376 g/mol. The molecule has 0 bridgehead atoms. The number of hydrogen-bond acceptors (Lipinski definition) is 4. The van der Waals surface area contributed by atoms with Crippen LogP contribution in [0, 0.1) is 0 Å². The third kappa shape index (κ3) is 3.68. The molecule has 0 N–H and O–H groups in total. The lowest BCUT2D eigenvalue weighted by Gasteiger charge is -2.25. The van der Waals surface area contributed by atoms with Crippen LogP contribution in [0.2, 0.25) is 0 Å². The molecule has 2 aliphatic rings. The van der Waals surface area contributed by atoms with E-state index in [0.717, 1.165) is 23.2 Å². The van der Waals surface area contributed by atoms with Crippen LogP contribution in [0.25, 0.3) is 6.08 Å². The van der Waals surface area contributed by atoms with E-state index in [1.54, 1.807) is 35.2 Å². The van der Waals surface area contributed by atoms with Gasteiger partial charge in [-0.05, 0) is 41.8 Å². The van der Waals surface area contributed by atoms with Gasteiger partial charge in [0.1, 0.15) is 0 Å². The number of nitrogens with zero attached hydrogens (tertiary/aromatic N) is 2. The zero-order valence-corrected chi connectivity index (χ0v) is 16.3. The van der Waals surface area contributed by atoms with E-state index in [1.807, 2.05) is 24.3 Å². The van der Waals surface area contributed by atoms with Gasteiger partial charge in [-0.15, -0.1) is 0 Å². The van der Waals surface area contributed by atoms with Crippen molar-refractivity contribution in [1.82, 2.24) is 4.90 Å². The van der Waals surface area contributed by atoms with Gasteiger partial charge in [0.2, 0.25) is 5.91 Å². The summed E-state index contributed by atoms with van der Waals surface area (Å²) in [7, 11) is -3.60. The molecule has 0 aromatic heterocycles. The lowest BCUT2D eigenvalue weighted by atomic mass is 10.2. The topological polar surface area (TPSA) is 66.9 Å². The van der Waals surface area contributed by atoms with Crippen molar-refractivity contribution in [3.63, 3.8) is 0 Å². The van der Waals surface area contributed by atoms with Crippen molar-refractivity contribution >= 4 is 27.7 Å². The Balaban J connectivity index is 1.48. The minimum atomic E-state index is -3.60. The Labute approximate surface area is 165 Å². The predicted molar refractivity (Wildman–Crippen MR) is 108 cm³/mol. The highest BCUT2D eigenvalue weighted by molar-refractivity contribution is 7.92. The Morgan fingerprint density at radius 3 is 2.43 bits per heavy atom. The molecule has 7 heteroatoms. The zero-order valence-electron chi connectivity index (χ0n) is 15.5. The first-order valence-corrected chi connectivity index (χ1v) is 10.8. The number of para-hydroxylation sites is 1. The van der Waals surface area contributed by atoms with E-state index < -0.39 is 10.0 Å². The highest BCUT2D eigenvalue weighted by atomic mass is 32.2. The summed E-state index contributed by atoms with van der Waals surface area (Å²) in [5.41, 5.74) is 2.58. The average Bonchev–Trinajstić information content (AvgIpc) is 3.18. The van der Waals surface area contributed by atoms with E-state index in [1.165, 1.54) is 10.4 Å². The van der Waals surface area contributed by atoms with Crippen LogP contribution in [0.3, 0.4) is 0 Å². The molecule has 146 valence electrons. The maximum atomic E-state index is 13.0. The normalized spacial score (nSPS) is 17.1. The van der Waals surface area contributed by atoms with Gasteiger partial charge in [-0.25, -0.2) is 8.42 Å². The van der Waals surface area contributed by atoms with Crippen LogP contribution in [0.1, 0.15) is 11.1 Å². The number of carbonyl (C=O) groups excluding carboxylic acids is 1. The largest absolute Gasteiger partial charge is 0.378 e. The molecule has 4 rings (SSSR count). The second kappa shape index (κ2) is 7.77. The van der Waals surface area contributed by atoms with Crippen LogP contribution in [-0.4, -0.2) is 52.1 Å². The summed E-state index contributed by atoms with van der Waals surface area (Å²) in [6, 6.07) is 14.2. The highest BCUT2D eigenvalue weighted by Crippen LogP contribution is 2.32. The fourth-order valence-corrected chi connectivity index (χ4v) is 5.00. The summed E-state index contributed by atoms with van der Waals surface area (Å²) >= 11 is 0. The van der Waals surface area contributed by atoms with Crippen LogP contribution in [-0.2, 0) is 26.0 Å². The molecule has 0 spiro atoms. The number of morpholine rings is 1. The maximum absolute atomic E-state index is 13.0. The van der Waals surface area contributed by atoms with Gasteiger partial charge < -0.3 is 9.64 Å². The van der Waals surface area contributed by atoms with Gasteiger partial charge >= 0.3 is 0 Å². The number of sulfonamides is 1. The molecule has 6 nitrogen and oxygen atoms in total. The molecule has 1 saturated heterocycles. The number of rotatable bonds is 4. The Morgan fingerprint density at radius 1 is 0.964 bits per heavy atom. The Bertz CT molecular complexity index is 993. The van der Waals surface area contributed by atoms with Gasteiger partial charge in [-0.1, -0.05) is 30.3 Å². The van der Waals surface area contributed by atoms with Crippen LogP contribution >= 0.6 is 0 Å². The first-order valence-electron chi connectivity index (χ1n) is 9.31. The lowest BCUT2D eigenvalue weighted by molar-refractivity contribution is -0.129. The third-order valence-corrected chi connectivity index (χ3v) is 6.88. The van der Waals surface area contributed by atoms with E-state index in [0.29, 0.717) is 32.8 Å². The third-order valence-electron chi connectivity index (χ3n) is 5.05. The van der Waals surface area contributed by atoms with Crippen LogP contribution in [0.4, 0.5) is 5.69 Å². The summed E-state index contributed by atoms with van der Waals surface area (Å²) in [6.07, 6.45) is 3.95. The number of benzene rings is 2. The van der Waals surface area contributed by atoms with Crippen molar-refractivity contribution in [3.8, 4) is 0 Å². The summed E-state index contributed by atoms with van der Waals surface area (Å²) < 4.78 is 32.7. The van der Waals surface area contributed by atoms with E-state index in [2.05, 4.69) is 0 Å². The second-order valence-electron chi connectivity index (χ2n) is 6.80. The number of anilines is 1. The quantitative estimate of drug-likeness (QED) is 0.742. The molecule has 0 radical (unpaired) electrons. The number of fused-ring (bicyclic) bond motifs is 1. The maximum Gasteiger partial charge on any atom is 0.264 e. The summed E-state index contributed by atoms with van der Waals surface area (Å²) in [4.78, 5) is 14.2. The molecule has 2 aromatic carbocycles. The Morgan fingerprint density at radius 2 is 1.68 bits per heavy atom. The fraction of sp³-hybridized carbons (Fsp3) is 0.286. The Kier molecular flexibility index (Phi) is 5.19. The molecule has 2 heterocycles. The van der Waals surface area contributed by atoms with Gasteiger partial charge in [0.15, 0.2) is 0 Å². The number of ether oxygens (including phenoxy) is 1. The van der Waals surface area contributed by atoms with E-state index >= 15 is 0 Å². The minimum Gasteiger partial charge on any atom is -0.378 e. The molecule has 0 saturated carbocycles. The molecular formula is C21H22N2O4S. The van der Waals surface area contributed by atoms with Crippen molar-refractivity contribution in [2.24, 2.45) is 0 Å². The van der Waals surface area contributed by atoms with E-state index in [9.17, 15) is 13.2 Å². The van der Waals surface area contributed by atoms with Crippen LogP contribution in [0.15, 0.2) is 59.5 Å². The first kappa shape index (κ1) is 18.7. The van der Waals surface area contributed by atoms with Crippen LogP contribution < -0.4 is 4.31 Å². The molecule has 0 atom stereocenters. The molecule has 0 unspecified atom stereocenters.